The molecule has 148 valence electrons. The smallest absolute Gasteiger partial charge is 0.430 e. The lowest BCUT2D eigenvalue weighted by Crippen LogP contribution is -2.37. The molecule has 0 atom stereocenters. The van der Waals surface area contributed by atoms with Crippen LogP contribution in [0.5, 0.6) is 0 Å². The third-order valence-electron chi connectivity index (χ3n) is 4.64. The Balaban J connectivity index is 0.000000298. The standard InChI is InChI=1S/C21H18N.C2HF3O2/c1-22-20-13-7-5-11-17(20)19(15-16-9-3-2-4-10-16)18-12-6-8-14-21(18)22;3-2(4,5)1(6)7/h2-14H,15H2,1H3;(H,6,7)/q+1;/p-1. The van der Waals surface area contributed by atoms with Crippen LogP contribution in [0.15, 0.2) is 78.9 Å². The van der Waals surface area contributed by atoms with Crippen LogP contribution in [0.4, 0.5) is 13.2 Å². The molecule has 0 unspecified atom stereocenters. The van der Waals surface area contributed by atoms with Gasteiger partial charge in [0.05, 0.1) is 10.8 Å². The summed E-state index contributed by atoms with van der Waals surface area (Å²) in [5.41, 5.74) is 5.33. The fraction of sp³-hybridized carbons (Fsp3) is 0.130. The average molecular weight is 397 g/mol. The molecule has 29 heavy (non-hydrogen) atoms. The first kappa shape index (κ1) is 20.3. The Bertz CT molecular complexity index is 1100. The van der Waals surface area contributed by atoms with Crippen molar-refractivity contribution in [2.24, 2.45) is 7.05 Å². The van der Waals surface area contributed by atoms with Crippen LogP contribution >= 0.6 is 0 Å². The van der Waals surface area contributed by atoms with E-state index in [4.69, 9.17) is 9.90 Å². The molecule has 0 aliphatic carbocycles. The molecular formula is C23H18F3NO2. The van der Waals surface area contributed by atoms with Crippen LogP contribution in [0.25, 0.3) is 21.8 Å². The SMILES string of the molecule is C[n+]1c2ccccc2c(Cc2ccccc2)c2ccccc21.O=C([O-])C(F)(F)F. The second-order valence-electron chi connectivity index (χ2n) is 6.52. The Morgan fingerprint density at radius 2 is 1.24 bits per heavy atom. The zero-order valence-corrected chi connectivity index (χ0v) is 15.6. The van der Waals surface area contributed by atoms with Gasteiger partial charge in [-0.1, -0.05) is 54.6 Å². The van der Waals surface area contributed by atoms with E-state index in [1.165, 1.54) is 32.9 Å². The monoisotopic (exact) mass is 397 g/mol. The van der Waals surface area contributed by atoms with Crippen molar-refractivity contribution in [1.82, 2.24) is 0 Å². The van der Waals surface area contributed by atoms with Crippen molar-refractivity contribution in [2.75, 3.05) is 0 Å². The number of benzene rings is 3. The molecule has 0 saturated carbocycles. The lowest BCUT2D eigenvalue weighted by atomic mass is 9.96. The van der Waals surface area contributed by atoms with Gasteiger partial charge in [-0.3, -0.25) is 0 Å². The van der Waals surface area contributed by atoms with Gasteiger partial charge in [0.15, 0.2) is 0 Å². The first-order valence-electron chi connectivity index (χ1n) is 8.89. The third kappa shape index (κ3) is 4.54. The number of carbonyl (C=O) groups excluding carboxylic acids is 1. The van der Waals surface area contributed by atoms with Crippen molar-refractivity contribution in [3.05, 3.63) is 90.0 Å². The molecule has 0 N–H and O–H groups in total. The Morgan fingerprint density at radius 1 is 0.828 bits per heavy atom. The van der Waals surface area contributed by atoms with Gasteiger partial charge in [-0.25, -0.2) is 0 Å². The molecule has 4 aromatic rings. The number of fused-ring (bicyclic) bond motifs is 2. The summed E-state index contributed by atoms with van der Waals surface area (Å²) < 4.78 is 33.8. The van der Waals surface area contributed by atoms with Crippen molar-refractivity contribution in [2.45, 2.75) is 12.6 Å². The topological polar surface area (TPSA) is 44.0 Å². The number of aliphatic carboxylic acids is 1. The summed E-state index contributed by atoms with van der Waals surface area (Å²) in [6, 6.07) is 28.1. The molecular weight excluding hydrogens is 379 g/mol. The molecule has 0 aliphatic heterocycles. The number of pyridine rings is 1. The number of rotatable bonds is 2. The van der Waals surface area contributed by atoms with Crippen molar-refractivity contribution >= 4 is 27.8 Å². The summed E-state index contributed by atoms with van der Waals surface area (Å²) in [4.78, 5) is 8.78. The summed E-state index contributed by atoms with van der Waals surface area (Å²) in [5, 5.41) is 11.5. The zero-order valence-electron chi connectivity index (χ0n) is 15.6. The Kier molecular flexibility index (Phi) is 5.82. The van der Waals surface area contributed by atoms with Crippen molar-refractivity contribution < 1.29 is 27.6 Å². The molecule has 3 aromatic carbocycles. The van der Waals surface area contributed by atoms with Crippen LogP contribution in [0, 0.1) is 0 Å². The summed E-state index contributed by atoms with van der Waals surface area (Å²) in [5.74, 6) is -3.01. The van der Waals surface area contributed by atoms with Crippen LogP contribution in [0.1, 0.15) is 11.1 Å². The van der Waals surface area contributed by atoms with E-state index in [1.807, 2.05) is 0 Å². The summed E-state index contributed by atoms with van der Waals surface area (Å²) in [7, 11) is 2.15. The summed E-state index contributed by atoms with van der Waals surface area (Å²) in [6.07, 6.45) is -4.23. The summed E-state index contributed by atoms with van der Waals surface area (Å²) in [6.45, 7) is 0. The molecule has 0 saturated heterocycles. The number of nitrogens with zero attached hydrogens (tertiary/aromatic N) is 1. The Hall–Kier alpha value is -3.41. The number of carbonyl (C=O) groups is 1. The number of para-hydroxylation sites is 2. The molecule has 0 spiro atoms. The molecule has 0 bridgehead atoms. The fourth-order valence-electron chi connectivity index (χ4n) is 3.31. The molecule has 3 nitrogen and oxygen atoms in total. The van der Waals surface area contributed by atoms with Gasteiger partial charge in [0.2, 0.25) is 11.0 Å². The Morgan fingerprint density at radius 3 is 1.69 bits per heavy atom. The lowest BCUT2D eigenvalue weighted by molar-refractivity contribution is -0.617. The van der Waals surface area contributed by atoms with Gasteiger partial charge < -0.3 is 9.90 Å². The number of alkyl halides is 3. The van der Waals surface area contributed by atoms with E-state index >= 15 is 0 Å². The number of aryl methyl sites for hydroxylation is 1. The number of aromatic nitrogens is 1. The van der Waals surface area contributed by atoms with Crippen molar-refractivity contribution in [3.63, 3.8) is 0 Å². The van der Waals surface area contributed by atoms with E-state index in [1.54, 1.807) is 0 Å². The predicted octanol–water partition coefficient (Wildman–Crippen LogP) is 3.71. The minimum Gasteiger partial charge on any atom is -0.542 e. The van der Waals surface area contributed by atoms with E-state index in [0.29, 0.717) is 0 Å². The van der Waals surface area contributed by atoms with E-state index < -0.39 is 12.1 Å². The number of hydrogen-bond donors (Lipinski definition) is 0. The molecule has 6 heteroatoms. The largest absolute Gasteiger partial charge is 0.542 e. The number of carboxylic acids is 1. The second kappa shape index (κ2) is 8.31. The van der Waals surface area contributed by atoms with E-state index in [0.717, 1.165) is 6.42 Å². The lowest BCUT2D eigenvalue weighted by Gasteiger charge is -2.10. The van der Waals surface area contributed by atoms with E-state index in [-0.39, 0.29) is 0 Å². The van der Waals surface area contributed by atoms with Crippen LogP contribution < -0.4 is 9.67 Å². The maximum absolute atomic E-state index is 10.5. The fourth-order valence-corrected chi connectivity index (χ4v) is 3.31. The van der Waals surface area contributed by atoms with Gasteiger partial charge in [-0.15, -0.1) is 0 Å². The first-order chi connectivity index (χ1) is 13.8. The average Bonchev–Trinajstić information content (AvgIpc) is 2.72. The van der Waals surface area contributed by atoms with E-state index in [2.05, 4.69) is 90.5 Å². The Labute approximate surface area is 165 Å². The van der Waals surface area contributed by atoms with Gasteiger partial charge in [0.25, 0.3) is 0 Å². The van der Waals surface area contributed by atoms with E-state index in [9.17, 15) is 13.2 Å². The van der Waals surface area contributed by atoms with Gasteiger partial charge >= 0.3 is 6.18 Å². The maximum atomic E-state index is 10.5. The molecule has 0 amide bonds. The highest BCUT2D eigenvalue weighted by Gasteiger charge is 2.28. The molecule has 0 fully saturated rings. The van der Waals surface area contributed by atoms with Crippen molar-refractivity contribution in [3.8, 4) is 0 Å². The normalized spacial score (nSPS) is 11.2. The van der Waals surface area contributed by atoms with Gasteiger partial charge in [-0.05, 0) is 29.7 Å². The molecule has 4 rings (SSSR count). The molecule has 1 aromatic heterocycles. The highest BCUT2D eigenvalue weighted by atomic mass is 19.4. The highest BCUT2D eigenvalue weighted by Crippen LogP contribution is 2.26. The minimum absolute atomic E-state index is 0.961. The van der Waals surface area contributed by atoms with Crippen LogP contribution in [0.2, 0.25) is 0 Å². The highest BCUT2D eigenvalue weighted by molar-refractivity contribution is 5.94. The zero-order chi connectivity index (χ0) is 21.0. The summed E-state index contributed by atoms with van der Waals surface area (Å²) >= 11 is 0. The van der Waals surface area contributed by atoms with Crippen molar-refractivity contribution in [1.29, 1.82) is 0 Å². The van der Waals surface area contributed by atoms with Gasteiger partial charge in [0.1, 0.15) is 13.0 Å². The molecule has 0 aliphatic rings. The second-order valence-corrected chi connectivity index (χ2v) is 6.52. The number of halogens is 3. The van der Waals surface area contributed by atoms with Crippen LogP contribution in [0.3, 0.4) is 0 Å². The van der Waals surface area contributed by atoms with Crippen LogP contribution in [-0.4, -0.2) is 12.1 Å². The molecule has 0 radical (unpaired) electrons. The third-order valence-corrected chi connectivity index (χ3v) is 4.64. The predicted molar refractivity (Wildman–Crippen MR) is 103 cm³/mol. The minimum atomic E-state index is -5.19. The maximum Gasteiger partial charge on any atom is 0.430 e. The number of hydrogen-bond acceptors (Lipinski definition) is 2. The molecule has 1 heterocycles. The quantitative estimate of drug-likeness (QED) is 0.382. The van der Waals surface area contributed by atoms with Crippen LogP contribution in [-0.2, 0) is 18.3 Å². The first-order valence-corrected chi connectivity index (χ1v) is 8.89. The van der Waals surface area contributed by atoms with Gasteiger partial charge in [-0.2, -0.15) is 17.7 Å². The number of carboxylic acid groups (broad SMARTS) is 1. The van der Waals surface area contributed by atoms with Gasteiger partial charge in [0, 0.05) is 12.1 Å².